The highest BCUT2D eigenvalue weighted by Gasteiger charge is 2.20. The largest absolute Gasteiger partial charge is 0.343 e. The van der Waals surface area contributed by atoms with Gasteiger partial charge in [0.05, 0.1) is 24.5 Å². The Balaban J connectivity index is 1.26. The lowest BCUT2D eigenvalue weighted by Crippen LogP contribution is -2.42. The van der Waals surface area contributed by atoms with Gasteiger partial charge in [-0.05, 0) is 73.4 Å². The lowest BCUT2D eigenvalue weighted by atomic mass is 9.90. The molecule has 0 spiro atoms. The van der Waals surface area contributed by atoms with Crippen molar-refractivity contribution in [1.82, 2.24) is 20.0 Å². The minimum atomic E-state index is 0.0251. The molecule has 2 aromatic carbocycles. The molecule has 0 bridgehead atoms. The Labute approximate surface area is 208 Å². The fourth-order valence-corrected chi connectivity index (χ4v) is 4.77. The van der Waals surface area contributed by atoms with E-state index in [0.717, 1.165) is 60.9 Å². The average Bonchev–Trinajstić information content (AvgIpc) is 3.22. The summed E-state index contributed by atoms with van der Waals surface area (Å²) in [7, 11) is 0. The molecule has 0 aliphatic carbocycles. The standard InChI is InChI=1S/C28H35ClN4O/c1-21(2)16-27-18-25(31-33(27)26-6-4-3-5-7-26)19-28(34)30-20-32-14-12-23(13-15-32)17-22-8-10-24(29)11-9-22/h3-11,18,21,23H,12-17,19-20H2,1-2H3,(H,30,34). The number of aromatic nitrogens is 2. The lowest BCUT2D eigenvalue weighted by Gasteiger charge is -2.32. The molecular formula is C28H35ClN4O. The van der Waals surface area contributed by atoms with Gasteiger partial charge in [-0.25, -0.2) is 4.68 Å². The molecule has 6 heteroatoms. The molecule has 5 nitrogen and oxygen atoms in total. The van der Waals surface area contributed by atoms with Crippen molar-refractivity contribution in [2.24, 2.45) is 11.8 Å². The van der Waals surface area contributed by atoms with E-state index in [9.17, 15) is 4.79 Å². The van der Waals surface area contributed by atoms with Gasteiger partial charge in [0, 0.05) is 23.8 Å². The van der Waals surface area contributed by atoms with Crippen molar-refractivity contribution in [2.75, 3.05) is 19.8 Å². The Kier molecular flexibility index (Phi) is 8.41. The molecule has 1 fully saturated rings. The van der Waals surface area contributed by atoms with Gasteiger partial charge in [-0.2, -0.15) is 5.10 Å². The number of amides is 1. The predicted octanol–water partition coefficient (Wildman–Crippen LogP) is 5.30. The number of para-hydroxylation sites is 1. The number of piperidine rings is 1. The van der Waals surface area contributed by atoms with Crippen LogP contribution in [0.15, 0.2) is 60.7 Å². The quantitative estimate of drug-likeness (QED) is 0.454. The van der Waals surface area contributed by atoms with Gasteiger partial charge in [-0.15, -0.1) is 0 Å². The molecule has 0 radical (unpaired) electrons. The highest BCUT2D eigenvalue weighted by molar-refractivity contribution is 6.30. The summed E-state index contributed by atoms with van der Waals surface area (Å²) in [5.41, 5.74) is 4.35. The molecule has 34 heavy (non-hydrogen) atoms. The highest BCUT2D eigenvalue weighted by Crippen LogP contribution is 2.22. The number of hydrogen-bond acceptors (Lipinski definition) is 3. The Bertz CT molecular complexity index is 1050. The normalized spacial score (nSPS) is 15.1. The van der Waals surface area contributed by atoms with E-state index in [2.05, 4.69) is 54.4 Å². The topological polar surface area (TPSA) is 50.2 Å². The van der Waals surface area contributed by atoms with Crippen molar-refractivity contribution in [3.8, 4) is 5.69 Å². The highest BCUT2D eigenvalue weighted by atomic mass is 35.5. The van der Waals surface area contributed by atoms with Gasteiger partial charge in [0.15, 0.2) is 0 Å². The third-order valence-corrected chi connectivity index (χ3v) is 6.69. The van der Waals surface area contributed by atoms with Crippen LogP contribution in [0.25, 0.3) is 5.69 Å². The average molecular weight is 479 g/mol. The molecule has 1 aromatic heterocycles. The second-order valence-electron chi connectivity index (χ2n) is 9.80. The number of nitrogens with zero attached hydrogens (tertiary/aromatic N) is 3. The summed E-state index contributed by atoms with van der Waals surface area (Å²) in [6.45, 7) is 7.03. The number of carbonyl (C=O) groups is 1. The molecule has 0 unspecified atom stereocenters. The number of rotatable bonds is 9. The molecule has 1 N–H and O–H groups in total. The number of carbonyl (C=O) groups excluding carboxylic acids is 1. The van der Waals surface area contributed by atoms with Gasteiger partial charge in [-0.1, -0.05) is 55.8 Å². The zero-order chi connectivity index (χ0) is 23.9. The maximum absolute atomic E-state index is 12.7. The van der Waals surface area contributed by atoms with E-state index in [1.807, 2.05) is 35.0 Å². The van der Waals surface area contributed by atoms with Crippen LogP contribution in [0, 0.1) is 11.8 Å². The minimum Gasteiger partial charge on any atom is -0.343 e. The van der Waals surface area contributed by atoms with Crippen molar-refractivity contribution in [2.45, 2.75) is 46.0 Å². The molecule has 1 saturated heterocycles. The molecule has 1 aliphatic rings. The third-order valence-electron chi connectivity index (χ3n) is 6.44. The van der Waals surface area contributed by atoms with Gasteiger partial charge in [0.2, 0.25) is 5.91 Å². The number of benzene rings is 2. The van der Waals surface area contributed by atoms with E-state index in [-0.39, 0.29) is 5.91 Å². The SMILES string of the molecule is CC(C)Cc1cc(CC(=O)NCN2CCC(Cc3ccc(Cl)cc3)CC2)nn1-c1ccccc1. The predicted molar refractivity (Wildman–Crippen MR) is 138 cm³/mol. The summed E-state index contributed by atoms with van der Waals surface area (Å²) < 4.78 is 1.98. The van der Waals surface area contributed by atoms with E-state index in [1.54, 1.807) is 0 Å². The maximum Gasteiger partial charge on any atom is 0.227 e. The van der Waals surface area contributed by atoms with Crippen LogP contribution >= 0.6 is 11.6 Å². The first-order valence-corrected chi connectivity index (χ1v) is 12.7. The fraction of sp³-hybridized carbons (Fsp3) is 0.429. The Morgan fingerprint density at radius 1 is 1.09 bits per heavy atom. The fourth-order valence-electron chi connectivity index (χ4n) is 4.65. The van der Waals surface area contributed by atoms with Gasteiger partial charge in [0.1, 0.15) is 0 Å². The van der Waals surface area contributed by atoms with Crippen molar-refractivity contribution >= 4 is 17.5 Å². The lowest BCUT2D eigenvalue weighted by molar-refractivity contribution is -0.121. The van der Waals surface area contributed by atoms with Crippen LogP contribution in [-0.4, -0.2) is 40.3 Å². The van der Waals surface area contributed by atoms with Crippen LogP contribution in [0.1, 0.15) is 43.6 Å². The molecule has 4 rings (SSSR count). The number of nitrogens with one attached hydrogen (secondary N) is 1. The van der Waals surface area contributed by atoms with Gasteiger partial charge in [-0.3, -0.25) is 9.69 Å². The first-order chi connectivity index (χ1) is 16.5. The molecule has 0 atom stereocenters. The van der Waals surface area contributed by atoms with Crippen LogP contribution < -0.4 is 5.32 Å². The Hall–Kier alpha value is -2.63. The molecule has 1 aliphatic heterocycles. The summed E-state index contributed by atoms with van der Waals surface area (Å²) in [4.78, 5) is 15.0. The number of likely N-dealkylation sites (tertiary alicyclic amines) is 1. The van der Waals surface area contributed by atoms with Crippen LogP contribution in [0.3, 0.4) is 0 Å². The van der Waals surface area contributed by atoms with Gasteiger partial charge < -0.3 is 5.32 Å². The molecule has 0 saturated carbocycles. The van der Waals surface area contributed by atoms with E-state index in [0.29, 0.717) is 24.9 Å². The van der Waals surface area contributed by atoms with Crippen molar-refractivity contribution < 1.29 is 4.79 Å². The first kappa shape index (κ1) is 24.5. The maximum atomic E-state index is 12.7. The second-order valence-corrected chi connectivity index (χ2v) is 10.2. The zero-order valence-corrected chi connectivity index (χ0v) is 21.0. The second kappa shape index (κ2) is 11.7. The van der Waals surface area contributed by atoms with Crippen molar-refractivity contribution in [3.05, 3.63) is 82.6 Å². The van der Waals surface area contributed by atoms with Crippen LogP contribution in [0.4, 0.5) is 0 Å². The molecule has 180 valence electrons. The summed E-state index contributed by atoms with van der Waals surface area (Å²) >= 11 is 6.00. The zero-order valence-electron chi connectivity index (χ0n) is 20.2. The van der Waals surface area contributed by atoms with E-state index in [1.165, 1.54) is 5.56 Å². The van der Waals surface area contributed by atoms with Crippen LogP contribution in [0.2, 0.25) is 5.02 Å². The Morgan fingerprint density at radius 2 is 1.79 bits per heavy atom. The van der Waals surface area contributed by atoms with E-state index in [4.69, 9.17) is 16.7 Å². The number of hydrogen-bond donors (Lipinski definition) is 1. The van der Waals surface area contributed by atoms with E-state index >= 15 is 0 Å². The van der Waals surface area contributed by atoms with Crippen molar-refractivity contribution in [1.29, 1.82) is 0 Å². The molecule has 1 amide bonds. The monoisotopic (exact) mass is 478 g/mol. The molecule has 2 heterocycles. The van der Waals surface area contributed by atoms with Crippen molar-refractivity contribution in [3.63, 3.8) is 0 Å². The minimum absolute atomic E-state index is 0.0251. The Morgan fingerprint density at radius 3 is 2.47 bits per heavy atom. The summed E-state index contributed by atoms with van der Waals surface area (Å²) in [6, 6.07) is 20.4. The van der Waals surface area contributed by atoms with Crippen LogP contribution in [-0.2, 0) is 24.1 Å². The van der Waals surface area contributed by atoms with Gasteiger partial charge >= 0.3 is 0 Å². The molecular weight excluding hydrogens is 444 g/mol. The summed E-state index contributed by atoms with van der Waals surface area (Å²) in [5.74, 6) is 1.23. The first-order valence-electron chi connectivity index (χ1n) is 12.3. The third kappa shape index (κ3) is 6.94. The van der Waals surface area contributed by atoms with Gasteiger partial charge in [0.25, 0.3) is 0 Å². The van der Waals surface area contributed by atoms with Crippen LogP contribution in [0.5, 0.6) is 0 Å². The summed E-state index contributed by atoms with van der Waals surface area (Å²) in [5, 5.41) is 8.65. The molecule has 3 aromatic rings. The summed E-state index contributed by atoms with van der Waals surface area (Å²) in [6.07, 6.45) is 4.63. The number of halogens is 1. The smallest absolute Gasteiger partial charge is 0.227 e. The van der Waals surface area contributed by atoms with E-state index < -0.39 is 0 Å².